The number of carbonyl (C=O) groups is 1. The second-order valence-electron chi connectivity index (χ2n) is 7.81. The monoisotopic (exact) mass is 381 g/mol. The number of hydrogen-bond donors (Lipinski definition) is 1. The number of hydrogen-bond acceptors (Lipinski definition) is 5. The van der Waals surface area contributed by atoms with Gasteiger partial charge in [0.05, 0.1) is 12.5 Å². The number of rotatable bonds is 7. The van der Waals surface area contributed by atoms with Gasteiger partial charge in [-0.1, -0.05) is 50.6 Å². The summed E-state index contributed by atoms with van der Waals surface area (Å²) in [6, 6.07) is 12.2. The van der Waals surface area contributed by atoms with E-state index in [1.54, 1.807) is 12.3 Å². The van der Waals surface area contributed by atoms with Crippen molar-refractivity contribution in [3.05, 3.63) is 54.0 Å². The topological polar surface area (TPSA) is 75.4 Å². The Morgan fingerprint density at radius 3 is 2.75 bits per heavy atom. The first-order valence-corrected chi connectivity index (χ1v) is 10.1. The third-order valence-electron chi connectivity index (χ3n) is 5.85. The zero-order valence-corrected chi connectivity index (χ0v) is 17.1. The van der Waals surface area contributed by atoms with E-state index < -0.39 is 0 Å². The maximum atomic E-state index is 13.4. The van der Waals surface area contributed by atoms with Crippen molar-refractivity contribution in [1.82, 2.24) is 19.8 Å². The predicted molar refractivity (Wildman–Crippen MR) is 112 cm³/mol. The molecule has 1 fully saturated rings. The fourth-order valence-electron chi connectivity index (χ4n) is 3.95. The summed E-state index contributed by atoms with van der Waals surface area (Å²) in [5.41, 5.74) is 6.87. The van der Waals surface area contributed by atoms with Gasteiger partial charge in [-0.25, -0.2) is 9.97 Å². The molecular weight excluding hydrogens is 350 g/mol. The SMILES string of the molecule is CCC(C)C(C(=O)N1CCC(N(C)Cc2nccc(N)n2)C1)c1ccccc1. The molecule has 150 valence electrons. The van der Waals surface area contributed by atoms with Crippen LogP contribution in [0.4, 0.5) is 5.82 Å². The van der Waals surface area contributed by atoms with Crippen LogP contribution in [0.1, 0.15) is 44.0 Å². The molecule has 1 aromatic heterocycles. The summed E-state index contributed by atoms with van der Waals surface area (Å²) in [4.78, 5) is 26.2. The van der Waals surface area contributed by atoms with Gasteiger partial charge in [-0.2, -0.15) is 0 Å². The summed E-state index contributed by atoms with van der Waals surface area (Å²) < 4.78 is 0. The van der Waals surface area contributed by atoms with Gasteiger partial charge in [0, 0.05) is 25.3 Å². The smallest absolute Gasteiger partial charge is 0.230 e. The molecule has 0 aliphatic carbocycles. The lowest BCUT2D eigenvalue weighted by atomic mass is 9.84. The fourth-order valence-corrected chi connectivity index (χ4v) is 3.95. The second-order valence-corrected chi connectivity index (χ2v) is 7.81. The first-order valence-electron chi connectivity index (χ1n) is 10.1. The Kier molecular flexibility index (Phi) is 6.62. The zero-order chi connectivity index (χ0) is 20.1. The van der Waals surface area contributed by atoms with Gasteiger partial charge in [-0.15, -0.1) is 0 Å². The van der Waals surface area contributed by atoms with E-state index in [0.29, 0.717) is 30.1 Å². The molecule has 6 heteroatoms. The number of anilines is 1. The van der Waals surface area contributed by atoms with Crippen molar-refractivity contribution in [3.63, 3.8) is 0 Å². The maximum Gasteiger partial charge on any atom is 0.230 e. The first-order chi connectivity index (χ1) is 13.5. The largest absolute Gasteiger partial charge is 0.384 e. The van der Waals surface area contributed by atoms with Gasteiger partial charge in [0.15, 0.2) is 0 Å². The third kappa shape index (κ3) is 4.68. The van der Waals surface area contributed by atoms with Crippen LogP contribution in [0.15, 0.2) is 42.6 Å². The number of nitrogens with zero attached hydrogens (tertiary/aromatic N) is 4. The molecule has 1 aliphatic rings. The molecular formula is C22H31N5O. The van der Waals surface area contributed by atoms with Crippen molar-refractivity contribution in [2.75, 3.05) is 25.9 Å². The number of likely N-dealkylation sites (N-methyl/N-ethyl adjacent to an activating group) is 1. The van der Waals surface area contributed by atoms with Gasteiger partial charge >= 0.3 is 0 Å². The van der Waals surface area contributed by atoms with E-state index in [4.69, 9.17) is 5.73 Å². The van der Waals surface area contributed by atoms with E-state index in [2.05, 4.69) is 47.9 Å². The van der Waals surface area contributed by atoms with Crippen molar-refractivity contribution in [2.45, 2.75) is 45.2 Å². The minimum Gasteiger partial charge on any atom is -0.384 e. The molecule has 3 rings (SSSR count). The molecule has 2 heterocycles. The Bertz CT molecular complexity index is 782. The Hall–Kier alpha value is -2.47. The van der Waals surface area contributed by atoms with Crippen molar-refractivity contribution >= 4 is 11.7 Å². The Morgan fingerprint density at radius 1 is 1.32 bits per heavy atom. The number of amides is 1. The molecule has 6 nitrogen and oxygen atoms in total. The number of benzene rings is 1. The van der Waals surface area contributed by atoms with Gasteiger partial charge in [0.2, 0.25) is 5.91 Å². The lowest BCUT2D eigenvalue weighted by Crippen LogP contribution is -2.39. The molecule has 2 N–H and O–H groups in total. The van der Waals surface area contributed by atoms with Gasteiger partial charge in [-0.05, 0) is 31.0 Å². The van der Waals surface area contributed by atoms with Crippen molar-refractivity contribution < 1.29 is 4.79 Å². The van der Waals surface area contributed by atoms with Gasteiger partial charge < -0.3 is 10.6 Å². The average molecular weight is 382 g/mol. The van der Waals surface area contributed by atoms with Gasteiger partial charge in [0.1, 0.15) is 11.6 Å². The molecule has 28 heavy (non-hydrogen) atoms. The van der Waals surface area contributed by atoms with Crippen LogP contribution in [-0.2, 0) is 11.3 Å². The summed E-state index contributed by atoms with van der Waals surface area (Å²) in [5, 5.41) is 0. The molecule has 3 unspecified atom stereocenters. The van der Waals surface area contributed by atoms with E-state index >= 15 is 0 Å². The maximum absolute atomic E-state index is 13.4. The normalized spacial score (nSPS) is 19.0. The molecule has 1 aromatic carbocycles. The molecule has 1 saturated heterocycles. The molecule has 3 atom stereocenters. The number of likely N-dealkylation sites (tertiary alicyclic amines) is 1. The second kappa shape index (κ2) is 9.15. The number of carbonyl (C=O) groups excluding carboxylic acids is 1. The fraction of sp³-hybridized carbons (Fsp3) is 0.500. The summed E-state index contributed by atoms with van der Waals surface area (Å²) in [6.45, 7) is 6.50. The minimum absolute atomic E-state index is 0.0764. The zero-order valence-electron chi connectivity index (χ0n) is 17.1. The highest BCUT2D eigenvalue weighted by Gasteiger charge is 2.35. The highest BCUT2D eigenvalue weighted by atomic mass is 16.2. The Labute approximate surface area is 167 Å². The Morgan fingerprint density at radius 2 is 2.07 bits per heavy atom. The Balaban J connectivity index is 1.66. The number of nitrogens with two attached hydrogens (primary N) is 1. The molecule has 0 saturated carbocycles. The quantitative estimate of drug-likeness (QED) is 0.798. The standard InChI is InChI=1S/C22H31N5O/c1-4-16(2)21(17-8-6-5-7-9-17)22(28)27-13-11-18(14-27)26(3)15-20-24-12-10-19(23)25-20/h5-10,12,16,18,21H,4,11,13-15H2,1-3H3,(H2,23,24,25). The summed E-state index contributed by atoms with van der Waals surface area (Å²) in [7, 11) is 2.06. The van der Waals surface area contributed by atoms with Crippen LogP contribution >= 0.6 is 0 Å². The summed E-state index contributed by atoms with van der Waals surface area (Å²) in [5.74, 6) is 1.69. The first kappa shape index (κ1) is 20.3. The van der Waals surface area contributed by atoms with Crippen LogP contribution in [0, 0.1) is 5.92 Å². The van der Waals surface area contributed by atoms with Crippen LogP contribution < -0.4 is 5.73 Å². The summed E-state index contributed by atoms with van der Waals surface area (Å²) >= 11 is 0. The molecule has 1 aliphatic heterocycles. The van der Waals surface area contributed by atoms with E-state index in [1.807, 2.05) is 23.1 Å². The third-order valence-corrected chi connectivity index (χ3v) is 5.85. The highest BCUT2D eigenvalue weighted by Crippen LogP contribution is 2.31. The minimum atomic E-state index is -0.0764. The van der Waals surface area contributed by atoms with Crippen molar-refractivity contribution in [2.24, 2.45) is 5.92 Å². The van der Waals surface area contributed by atoms with Crippen LogP contribution in [0.5, 0.6) is 0 Å². The van der Waals surface area contributed by atoms with Gasteiger partial charge in [0.25, 0.3) is 0 Å². The average Bonchev–Trinajstić information content (AvgIpc) is 3.19. The number of aromatic nitrogens is 2. The van der Waals surface area contributed by atoms with E-state index in [1.165, 1.54) is 0 Å². The van der Waals surface area contributed by atoms with Crippen LogP contribution in [0.25, 0.3) is 0 Å². The van der Waals surface area contributed by atoms with Crippen LogP contribution in [0.3, 0.4) is 0 Å². The molecule has 0 spiro atoms. The molecule has 1 amide bonds. The van der Waals surface area contributed by atoms with E-state index in [0.717, 1.165) is 31.5 Å². The highest BCUT2D eigenvalue weighted by molar-refractivity contribution is 5.84. The van der Waals surface area contributed by atoms with Gasteiger partial charge in [-0.3, -0.25) is 9.69 Å². The van der Waals surface area contributed by atoms with E-state index in [9.17, 15) is 4.79 Å². The van der Waals surface area contributed by atoms with E-state index in [-0.39, 0.29) is 11.8 Å². The lowest BCUT2D eigenvalue weighted by molar-refractivity contribution is -0.133. The van der Waals surface area contributed by atoms with Crippen molar-refractivity contribution in [3.8, 4) is 0 Å². The molecule has 0 bridgehead atoms. The number of nitrogen functional groups attached to an aromatic ring is 1. The van der Waals surface area contributed by atoms with Crippen LogP contribution in [-0.4, -0.2) is 51.9 Å². The molecule has 2 aromatic rings. The lowest BCUT2D eigenvalue weighted by Gasteiger charge is -2.29. The predicted octanol–water partition coefficient (Wildman–Crippen LogP) is 2.92. The summed E-state index contributed by atoms with van der Waals surface area (Å²) in [6.07, 6.45) is 3.63. The van der Waals surface area contributed by atoms with Crippen LogP contribution in [0.2, 0.25) is 0 Å². The molecule has 0 radical (unpaired) electrons. The van der Waals surface area contributed by atoms with Crippen molar-refractivity contribution in [1.29, 1.82) is 0 Å².